The van der Waals surface area contributed by atoms with Crippen molar-refractivity contribution in [3.63, 3.8) is 0 Å². The summed E-state index contributed by atoms with van der Waals surface area (Å²) in [4.78, 5) is 18.4. The second-order valence-electron chi connectivity index (χ2n) is 6.29. The SMILES string of the molecule is O=C(NCCCN1CCOCC1)c1cc2c(s1)-c1ccsc1CC2. The highest BCUT2D eigenvalue weighted by Gasteiger charge is 2.22. The second-order valence-corrected chi connectivity index (χ2v) is 8.34. The van der Waals surface area contributed by atoms with Gasteiger partial charge in [-0.05, 0) is 48.9 Å². The summed E-state index contributed by atoms with van der Waals surface area (Å²) in [7, 11) is 0. The van der Waals surface area contributed by atoms with E-state index in [0.717, 1.165) is 63.5 Å². The second kappa shape index (κ2) is 7.35. The van der Waals surface area contributed by atoms with Crippen LogP contribution in [0.1, 0.15) is 26.5 Å². The number of morpholine rings is 1. The molecule has 4 rings (SSSR count). The molecule has 0 atom stereocenters. The van der Waals surface area contributed by atoms with Gasteiger partial charge in [0.15, 0.2) is 0 Å². The van der Waals surface area contributed by atoms with Crippen LogP contribution in [0.5, 0.6) is 0 Å². The van der Waals surface area contributed by atoms with Crippen molar-refractivity contribution in [3.05, 3.63) is 32.8 Å². The standard InChI is InChI=1S/C18H22N2O2S2/c21-18(19-5-1-6-20-7-9-22-10-8-20)16-12-13-2-3-15-14(4-11-23-15)17(13)24-16/h4,11-12H,1-3,5-10H2,(H,19,21). The zero-order chi connectivity index (χ0) is 16.4. The lowest BCUT2D eigenvalue weighted by Gasteiger charge is -2.26. The van der Waals surface area contributed by atoms with Gasteiger partial charge in [0.2, 0.25) is 0 Å². The number of fused-ring (bicyclic) bond motifs is 3. The van der Waals surface area contributed by atoms with Crippen LogP contribution in [0.15, 0.2) is 17.5 Å². The Bertz CT molecular complexity index is 716. The van der Waals surface area contributed by atoms with Gasteiger partial charge in [-0.3, -0.25) is 9.69 Å². The maximum absolute atomic E-state index is 12.4. The van der Waals surface area contributed by atoms with Crippen molar-refractivity contribution in [3.8, 4) is 10.4 Å². The van der Waals surface area contributed by atoms with Crippen LogP contribution in [0.25, 0.3) is 10.4 Å². The van der Waals surface area contributed by atoms with Crippen molar-refractivity contribution in [2.24, 2.45) is 0 Å². The number of carbonyl (C=O) groups excluding carboxylic acids is 1. The van der Waals surface area contributed by atoms with Crippen molar-refractivity contribution in [2.75, 3.05) is 39.4 Å². The molecule has 0 spiro atoms. The maximum atomic E-state index is 12.4. The molecule has 4 nitrogen and oxygen atoms in total. The van der Waals surface area contributed by atoms with E-state index in [4.69, 9.17) is 4.74 Å². The average molecular weight is 363 g/mol. The summed E-state index contributed by atoms with van der Waals surface area (Å²) in [6.07, 6.45) is 3.16. The highest BCUT2D eigenvalue weighted by Crippen LogP contribution is 2.41. The number of carbonyl (C=O) groups is 1. The zero-order valence-electron chi connectivity index (χ0n) is 13.7. The minimum Gasteiger partial charge on any atom is -0.379 e. The summed E-state index contributed by atoms with van der Waals surface area (Å²) in [6.45, 7) is 5.45. The number of nitrogens with one attached hydrogen (secondary N) is 1. The first-order chi connectivity index (χ1) is 11.8. The smallest absolute Gasteiger partial charge is 0.261 e. The van der Waals surface area contributed by atoms with Crippen LogP contribution in [-0.4, -0.2) is 50.2 Å². The fourth-order valence-electron chi connectivity index (χ4n) is 3.36. The van der Waals surface area contributed by atoms with Crippen LogP contribution in [0.2, 0.25) is 0 Å². The van der Waals surface area contributed by atoms with Crippen LogP contribution >= 0.6 is 22.7 Å². The summed E-state index contributed by atoms with van der Waals surface area (Å²) in [5, 5.41) is 5.24. The van der Waals surface area contributed by atoms with Gasteiger partial charge in [-0.2, -0.15) is 0 Å². The summed E-state index contributed by atoms with van der Waals surface area (Å²) in [5.74, 6) is 0.0770. The van der Waals surface area contributed by atoms with E-state index in [0.29, 0.717) is 0 Å². The molecule has 2 aromatic rings. The molecule has 0 radical (unpaired) electrons. The minimum absolute atomic E-state index is 0.0770. The molecule has 0 saturated carbocycles. The average Bonchev–Trinajstić information content (AvgIpc) is 3.25. The Hall–Kier alpha value is -1.21. The van der Waals surface area contributed by atoms with Crippen molar-refractivity contribution < 1.29 is 9.53 Å². The molecule has 2 aromatic heterocycles. The molecule has 2 aliphatic rings. The predicted octanol–water partition coefficient (Wildman–Crippen LogP) is 3.03. The van der Waals surface area contributed by atoms with Crippen LogP contribution in [0, 0.1) is 0 Å². The van der Waals surface area contributed by atoms with Crippen LogP contribution < -0.4 is 5.32 Å². The monoisotopic (exact) mass is 362 g/mol. The van der Waals surface area contributed by atoms with Gasteiger partial charge in [-0.1, -0.05) is 0 Å². The van der Waals surface area contributed by atoms with E-state index in [9.17, 15) is 4.79 Å². The lowest BCUT2D eigenvalue weighted by molar-refractivity contribution is 0.0374. The number of ether oxygens (including phenoxy) is 1. The topological polar surface area (TPSA) is 41.6 Å². The van der Waals surface area contributed by atoms with E-state index in [1.54, 1.807) is 11.3 Å². The molecule has 6 heteroatoms. The van der Waals surface area contributed by atoms with E-state index in [2.05, 4.69) is 27.7 Å². The van der Waals surface area contributed by atoms with Gasteiger partial charge < -0.3 is 10.1 Å². The predicted molar refractivity (Wildman–Crippen MR) is 99.2 cm³/mol. The summed E-state index contributed by atoms with van der Waals surface area (Å²) >= 11 is 3.47. The normalized spacial score (nSPS) is 17.3. The molecule has 1 amide bonds. The van der Waals surface area contributed by atoms with Crippen molar-refractivity contribution >= 4 is 28.6 Å². The molecule has 128 valence electrons. The fraction of sp³-hybridized carbons (Fsp3) is 0.500. The third-order valence-electron chi connectivity index (χ3n) is 4.68. The summed E-state index contributed by atoms with van der Waals surface area (Å²) in [6, 6.07) is 4.29. The maximum Gasteiger partial charge on any atom is 0.261 e. The van der Waals surface area contributed by atoms with Crippen molar-refractivity contribution in [1.82, 2.24) is 10.2 Å². The van der Waals surface area contributed by atoms with Crippen molar-refractivity contribution in [2.45, 2.75) is 19.3 Å². The van der Waals surface area contributed by atoms with Crippen LogP contribution in [0.4, 0.5) is 0 Å². The Morgan fingerprint density at radius 2 is 2.17 bits per heavy atom. The first-order valence-electron chi connectivity index (χ1n) is 8.59. The zero-order valence-corrected chi connectivity index (χ0v) is 15.3. The number of thiophene rings is 2. The van der Waals surface area contributed by atoms with Gasteiger partial charge >= 0.3 is 0 Å². The lowest BCUT2D eigenvalue weighted by Crippen LogP contribution is -2.38. The number of amides is 1. The summed E-state index contributed by atoms with van der Waals surface area (Å²) in [5.41, 5.74) is 2.68. The van der Waals surface area contributed by atoms with E-state index >= 15 is 0 Å². The van der Waals surface area contributed by atoms with Gasteiger partial charge in [-0.15, -0.1) is 22.7 Å². The molecular formula is C18H22N2O2S2. The van der Waals surface area contributed by atoms with E-state index in [1.807, 2.05) is 11.3 Å². The molecule has 0 aromatic carbocycles. The largest absolute Gasteiger partial charge is 0.379 e. The molecule has 1 aliphatic carbocycles. The molecule has 0 bridgehead atoms. The molecule has 24 heavy (non-hydrogen) atoms. The highest BCUT2D eigenvalue weighted by molar-refractivity contribution is 7.18. The van der Waals surface area contributed by atoms with Gasteiger partial charge in [0.05, 0.1) is 18.1 Å². The number of nitrogens with zero attached hydrogens (tertiary/aromatic N) is 1. The Morgan fingerprint density at radius 1 is 1.29 bits per heavy atom. The molecule has 3 heterocycles. The minimum atomic E-state index is 0.0770. The van der Waals surface area contributed by atoms with Gasteiger partial charge in [-0.25, -0.2) is 0 Å². The van der Waals surface area contributed by atoms with Crippen LogP contribution in [-0.2, 0) is 17.6 Å². The number of aryl methyl sites for hydroxylation is 2. The van der Waals surface area contributed by atoms with Crippen LogP contribution in [0.3, 0.4) is 0 Å². The Labute approximate surface area is 150 Å². The number of rotatable bonds is 5. The Balaban J connectivity index is 1.31. The Morgan fingerprint density at radius 3 is 3.04 bits per heavy atom. The first kappa shape index (κ1) is 16.3. The number of hydrogen-bond donors (Lipinski definition) is 1. The van der Waals surface area contributed by atoms with E-state index in [1.165, 1.54) is 20.9 Å². The lowest BCUT2D eigenvalue weighted by atomic mass is 9.98. The van der Waals surface area contributed by atoms with Gasteiger partial charge in [0, 0.05) is 35.0 Å². The first-order valence-corrected chi connectivity index (χ1v) is 10.3. The van der Waals surface area contributed by atoms with Gasteiger partial charge in [0.25, 0.3) is 5.91 Å². The number of hydrogen-bond acceptors (Lipinski definition) is 5. The Kier molecular flexibility index (Phi) is 4.98. The molecule has 1 N–H and O–H groups in total. The van der Waals surface area contributed by atoms with E-state index < -0.39 is 0 Å². The molecule has 1 aliphatic heterocycles. The third-order valence-corrected chi connectivity index (χ3v) is 6.87. The molecule has 1 fully saturated rings. The quantitative estimate of drug-likeness (QED) is 0.832. The molecule has 1 saturated heterocycles. The van der Waals surface area contributed by atoms with Crippen molar-refractivity contribution in [1.29, 1.82) is 0 Å². The van der Waals surface area contributed by atoms with E-state index in [-0.39, 0.29) is 5.91 Å². The molecular weight excluding hydrogens is 340 g/mol. The highest BCUT2D eigenvalue weighted by atomic mass is 32.1. The van der Waals surface area contributed by atoms with Gasteiger partial charge in [0.1, 0.15) is 0 Å². The summed E-state index contributed by atoms with van der Waals surface area (Å²) < 4.78 is 5.35. The third kappa shape index (κ3) is 3.42. The molecule has 0 unspecified atom stereocenters. The fourth-order valence-corrected chi connectivity index (χ4v) is 5.48.